The van der Waals surface area contributed by atoms with Crippen LogP contribution >= 0.6 is 0 Å². The van der Waals surface area contributed by atoms with Crippen molar-refractivity contribution in [3.8, 4) is 0 Å². The van der Waals surface area contributed by atoms with Crippen LogP contribution in [0.2, 0.25) is 0 Å². The second kappa shape index (κ2) is 7.90. The quantitative estimate of drug-likeness (QED) is 0.845. The average molecular weight is 369 g/mol. The fraction of sp³-hybridized carbons (Fsp3) is 0.450. The maximum Gasteiger partial charge on any atom is 0.243 e. The third kappa shape index (κ3) is 4.02. The summed E-state index contributed by atoms with van der Waals surface area (Å²) in [7, 11) is 0. The highest BCUT2D eigenvalue weighted by Gasteiger charge is 2.33. The predicted molar refractivity (Wildman–Crippen MR) is 102 cm³/mol. The molecule has 1 aliphatic carbocycles. The van der Waals surface area contributed by atoms with E-state index in [-0.39, 0.29) is 17.8 Å². The fourth-order valence-electron chi connectivity index (χ4n) is 3.90. The number of aromatic nitrogens is 2. The number of amides is 1. The molecule has 1 aliphatic heterocycles. The van der Waals surface area contributed by atoms with Crippen molar-refractivity contribution in [2.24, 2.45) is 0 Å². The number of rotatable bonds is 5. The Balaban J connectivity index is 1.48. The highest BCUT2D eigenvalue weighted by molar-refractivity contribution is 5.85. The van der Waals surface area contributed by atoms with Crippen LogP contribution in [0.4, 0.5) is 21.8 Å². The zero-order chi connectivity index (χ0) is 18.6. The van der Waals surface area contributed by atoms with Crippen molar-refractivity contribution in [1.29, 1.82) is 0 Å². The SMILES string of the molecule is O=C(NC1CCCC1)C1CCCN1c1nccc(Nc2ccccc2F)n1. The molecule has 1 atom stereocenters. The number of halogens is 1. The number of nitrogens with zero attached hydrogens (tertiary/aromatic N) is 3. The number of benzene rings is 1. The van der Waals surface area contributed by atoms with Crippen molar-refractivity contribution in [2.45, 2.75) is 50.6 Å². The van der Waals surface area contributed by atoms with Gasteiger partial charge in [-0.2, -0.15) is 4.98 Å². The van der Waals surface area contributed by atoms with Gasteiger partial charge in [-0.05, 0) is 43.9 Å². The molecule has 4 rings (SSSR count). The van der Waals surface area contributed by atoms with Gasteiger partial charge in [-0.15, -0.1) is 0 Å². The van der Waals surface area contributed by atoms with Crippen LogP contribution in [0.25, 0.3) is 0 Å². The molecule has 6 nitrogen and oxygen atoms in total. The van der Waals surface area contributed by atoms with Crippen molar-refractivity contribution in [3.63, 3.8) is 0 Å². The number of carbonyl (C=O) groups excluding carboxylic acids is 1. The zero-order valence-electron chi connectivity index (χ0n) is 15.2. The number of anilines is 3. The van der Waals surface area contributed by atoms with Crippen LogP contribution in [0.3, 0.4) is 0 Å². The first kappa shape index (κ1) is 17.7. The van der Waals surface area contributed by atoms with Crippen molar-refractivity contribution in [3.05, 3.63) is 42.3 Å². The van der Waals surface area contributed by atoms with Crippen LogP contribution in [-0.4, -0.2) is 34.5 Å². The smallest absolute Gasteiger partial charge is 0.243 e. The van der Waals surface area contributed by atoms with Crippen LogP contribution in [-0.2, 0) is 4.79 Å². The molecule has 27 heavy (non-hydrogen) atoms. The molecule has 142 valence electrons. The summed E-state index contributed by atoms with van der Waals surface area (Å²) < 4.78 is 13.9. The van der Waals surface area contributed by atoms with Gasteiger partial charge < -0.3 is 15.5 Å². The largest absolute Gasteiger partial charge is 0.352 e. The first-order chi connectivity index (χ1) is 13.2. The lowest BCUT2D eigenvalue weighted by atomic mass is 10.1. The van der Waals surface area contributed by atoms with Gasteiger partial charge in [0.05, 0.1) is 5.69 Å². The molecule has 0 bridgehead atoms. The lowest BCUT2D eigenvalue weighted by Gasteiger charge is -2.25. The molecule has 1 aromatic carbocycles. The Morgan fingerprint density at radius 1 is 1.11 bits per heavy atom. The molecule has 1 saturated heterocycles. The minimum Gasteiger partial charge on any atom is -0.352 e. The molecule has 2 fully saturated rings. The maximum atomic E-state index is 13.9. The highest BCUT2D eigenvalue weighted by Crippen LogP contribution is 2.26. The molecule has 1 saturated carbocycles. The topological polar surface area (TPSA) is 70.2 Å². The van der Waals surface area contributed by atoms with Crippen LogP contribution in [0.15, 0.2) is 36.5 Å². The van der Waals surface area contributed by atoms with E-state index >= 15 is 0 Å². The van der Waals surface area contributed by atoms with Gasteiger partial charge >= 0.3 is 0 Å². The van der Waals surface area contributed by atoms with E-state index in [0.29, 0.717) is 23.5 Å². The van der Waals surface area contributed by atoms with Crippen molar-refractivity contribution in [2.75, 3.05) is 16.8 Å². The van der Waals surface area contributed by atoms with E-state index in [1.807, 2.05) is 4.90 Å². The number of para-hydroxylation sites is 1. The summed E-state index contributed by atoms with van der Waals surface area (Å²) in [4.78, 5) is 23.6. The van der Waals surface area contributed by atoms with Gasteiger partial charge in [0, 0.05) is 18.8 Å². The normalized spacial score (nSPS) is 20.0. The van der Waals surface area contributed by atoms with Crippen LogP contribution < -0.4 is 15.5 Å². The van der Waals surface area contributed by atoms with E-state index in [9.17, 15) is 9.18 Å². The second-order valence-electron chi connectivity index (χ2n) is 7.19. The Bertz CT molecular complexity index is 808. The maximum absolute atomic E-state index is 13.9. The average Bonchev–Trinajstić information content (AvgIpc) is 3.35. The van der Waals surface area contributed by atoms with Crippen molar-refractivity contribution < 1.29 is 9.18 Å². The Hall–Kier alpha value is -2.70. The molecular formula is C20H24FN5O. The van der Waals surface area contributed by atoms with E-state index in [1.54, 1.807) is 30.5 Å². The van der Waals surface area contributed by atoms with E-state index in [2.05, 4.69) is 20.6 Å². The van der Waals surface area contributed by atoms with Crippen LogP contribution in [0.1, 0.15) is 38.5 Å². The summed E-state index contributed by atoms with van der Waals surface area (Å²) in [5.41, 5.74) is 0.360. The van der Waals surface area contributed by atoms with Gasteiger partial charge in [0.25, 0.3) is 0 Å². The lowest BCUT2D eigenvalue weighted by molar-refractivity contribution is -0.122. The number of hydrogen-bond donors (Lipinski definition) is 2. The summed E-state index contributed by atoms with van der Waals surface area (Å²) in [6.07, 6.45) is 7.87. The molecule has 1 unspecified atom stereocenters. The molecule has 2 N–H and O–H groups in total. The Morgan fingerprint density at radius 2 is 1.93 bits per heavy atom. The van der Waals surface area contributed by atoms with Gasteiger partial charge in [-0.25, -0.2) is 9.37 Å². The summed E-state index contributed by atoms with van der Waals surface area (Å²) in [6, 6.07) is 8.21. The molecular weight excluding hydrogens is 345 g/mol. The molecule has 1 amide bonds. The Kier molecular flexibility index (Phi) is 5.18. The number of carbonyl (C=O) groups is 1. The Morgan fingerprint density at radius 3 is 2.74 bits per heavy atom. The third-order valence-corrected chi connectivity index (χ3v) is 5.29. The second-order valence-corrected chi connectivity index (χ2v) is 7.19. The van der Waals surface area contributed by atoms with Crippen LogP contribution in [0.5, 0.6) is 0 Å². The lowest BCUT2D eigenvalue weighted by Crippen LogP contribution is -2.47. The monoisotopic (exact) mass is 369 g/mol. The first-order valence-electron chi connectivity index (χ1n) is 9.62. The number of hydrogen-bond acceptors (Lipinski definition) is 5. The van der Waals surface area contributed by atoms with Crippen LogP contribution in [0, 0.1) is 5.82 Å². The van der Waals surface area contributed by atoms with Gasteiger partial charge in [0.15, 0.2) is 0 Å². The standard InChI is InChI=1S/C20H24FN5O/c21-15-8-3-4-9-16(15)24-18-11-12-22-20(25-18)26-13-5-10-17(26)19(27)23-14-6-1-2-7-14/h3-4,8-9,11-12,14,17H,1-2,5-7,10,13H2,(H,23,27)(H,22,24,25). The van der Waals surface area contributed by atoms with Gasteiger partial charge in [0.2, 0.25) is 11.9 Å². The zero-order valence-corrected chi connectivity index (χ0v) is 15.2. The van der Waals surface area contributed by atoms with E-state index in [4.69, 9.17) is 0 Å². The molecule has 7 heteroatoms. The van der Waals surface area contributed by atoms with Gasteiger partial charge in [-0.3, -0.25) is 4.79 Å². The fourth-order valence-corrected chi connectivity index (χ4v) is 3.90. The molecule has 2 aliphatic rings. The predicted octanol–water partition coefficient (Wildman–Crippen LogP) is 3.39. The summed E-state index contributed by atoms with van der Waals surface area (Å²) in [5, 5.41) is 6.17. The minimum atomic E-state index is -0.340. The molecule has 2 aromatic rings. The van der Waals surface area contributed by atoms with E-state index in [1.165, 1.54) is 18.9 Å². The van der Waals surface area contributed by atoms with Crippen molar-refractivity contribution in [1.82, 2.24) is 15.3 Å². The molecule has 0 radical (unpaired) electrons. The Labute approximate surface area is 158 Å². The molecule has 1 aromatic heterocycles. The number of nitrogens with one attached hydrogen (secondary N) is 2. The summed E-state index contributed by atoms with van der Waals surface area (Å²) >= 11 is 0. The molecule has 0 spiro atoms. The molecule has 2 heterocycles. The van der Waals surface area contributed by atoms with Crippen molar-refractivity contribution >= 4 is 23.4 Å². The highest BCUT2D eigenvalue weighted by atomic mass is 19.1. The minimum absolute atomic E-state index is 0.0652. The van der Waals surface area contributed by atoms with Gasteiger partial charge in [-0.1, -0.05) is 25.0 Å². The summed E-state index contributed by atoms with van der Waals surface area (Å²) in [6.45, 7) is 0.742. The third-order valence-electron chi connectivity index (χ3n) is 5.29. The first-order valence-corrected chi connectivity index (χ1v) is 9.62. The van der Waals surface area contributed by atoms with E-state index < -0.39 is 0 Å². The van der Waals surface area contributed by atoms with Gasteiger partial charge in [0.1, 0.15) is 17.7 Å². The van der Waals surface area contributed by atoms with E-state index in [0.717, 1.165) is 32.2 Å². The summed E-state index contributed by atoms with van der Waals surface area (Å²) in [5.74, 6) is 0.732.